The molecule has 0 bridgehead atoms. The molecule has 1 saturated carbocycles. The number of sulfonamides is 1. The Hall–Kier alpha value is -3.52. The van der Waals surface area contributed by atoms with Gasteiger partial charge >= 0.3 is 5.97 Å². The first-order valence-corrected chi connectivity index (χ1v) is 14.9. The van der Waals surface area contributed by atoms with Crippen LogP contribution in [-0.4, -0.2) is 101 Å². The first kappa shape index (κ1) is 32.0. The second-order valence-corrected chi connectivity index (χ2v) is 12.2. The summed E-state index contributed by atoms with van der Waals surface area (Å²) >= 11 is 0. The van der Waals surface area contributed by atoms with Gasteiger partial charge in [-0.3, -0.25) is 19.2 Å². The smallest absolute Gasteiger partial charge is 0.376 e. The van der Waals surface area contributed by atoms with Crippen LogP contribution in [0.15, 0.2) is 11.0 Å². The number of hydrogen-bond donors (Lipinski definition) is 2. The number of benzene rings is 1. The number of esters is 1. The Bertz CT molecular complexity index is 1310. The Morgan fingerprint density at radius 1 is 1.07 bits per heavy atom. The molecule has 1 aromatic carbocycles. The van der Waals surface area contributed by atoms with Crippen molar-refractivity contribution in [3.63, 3.8) is 0 Å². The Balaban J connectivity index is 1.68. The van der Waals surface area contributed by atoms with E-state index in [1.165, 1.54) is 16.9 Å². The number of ether oxygens (including phenoxy) is 2. The average Bonchev–Trinajstić information content (AvgIpc) is 2.94. The molecule has 1 saturated heterocycles. The lowest BCUT2D eigenvalue weighted by Crippen LogP contribution is -2.56. The Kier molecular flexibility index (Phi) is 10.5. The monoisotopic (exact) mass is 594 g/mol. The van der Waals surface area contributed by atoms with Crippen LogP contribution in [0.25, 0.3) is 0 Å². The molecular weight excluding hydrogens is 556 g/mol. The molecular formula is C27H38N4O9S. The maximum absolute atomic E-state index is 13.4. The van der Waals surface area contributed by atoms with Crippen LogP contribution in [0, 0.1) is 26.7 Å². The molecule has 1 aromatic rings. The minimum Gasteiger partial charge on any atom is -0.496 e. The number of carbonyl (C=O) groups excluding carboxylic acids is 5. The lowest BCUT2D eigenvalue weighted by molar-refractivity contribution is -0.154. The molecule has 2 fully saturated rings. The van der Waals surface area contributed by atoms with Gasteiger partial charge in [-0.15, -0.1) is 0 Å². The maximum Gasteiger partial charge on any atom is 0.376 e. The summed E-state index contributed by atoms with van der Waals surface area (Å²) in [6.45, 7) is 5.22. The first-order valence-electron chi connectivity index (χ1n) is 13.4. The van der Waals surface area contributed by atoms with Gasteiger partial charge in [0.1, 0.15) is 11.8 Å². The van der Waals surface area contributed by atoms with Crippen molar-refractivity contribution in [2.45, 2.75) is 63.4 Å². The minimum atomic E-state index is -3.87. The number of rotatable bonds is 11. The van der Waals surface area contributed by atoms with Crippen molar-refractivity contribution < 1.29 is 41.9 Å². The number of aryl methyl sites for hydroxylation is 1. The van der Waals surface area contributed by atoms with Gasteiger partial charge in [0.15, 0.2) is 0 Å². The van der Waals surface area contributed by atoms with E-state index in [0.717, 1.165) is 12.7 Å². The van der Waals surface area contributed by atoms with Crippen LogP contribution < -0.4 is 14.8 Å². The van der Waals surface area contributed by atoms with Crippen LogP contribution in [-0.2, 0) is 38.7 Å². The predicted molar refractivity (Wildman–Crippen MR) is 146 cm³/mol. The molecule has 13 nitrogen and oxygen atoms in total. The predicted octanol–water partition coefficient (Wildman–Crippen LogP) is -0.0149. The number of methoxy groups -OCH3 is 2. The van der Waals surface area contributed by atoms with Gasteiger partial charge in [0.05, 0.1) is 32.2 Å². The number of nitrogens with zero attached hydrogens (tertiary/aromatic N) is 2. The minimum absolute atomic E-state index is 0.142. The third-order valence-electron chi connectivity index (χ3n) is 7.85. The number of hydrogen-bond acceptors (Lipinski definition) is 9. The summed E-state index contributed by atoms with van der Waals surface area (Å²) in [6.07, 6.45) is 2.04. The topological polar surface area (TPSA) is 168 Å². The van der Waals surface area contributed by atoms with Crippen molar-refractivity contribution in [3.8, 4) is 5.75 Å². The summed E-state index contributed by atoms with van der Waals surface area (Å²) in [6, 6.07) is 0.0938. The zero-order valence-corrected chi connectivity index (χ0v) is 24.8. The summed E-state index contributed by atoms with van der Waals surface area (Å²) in [5, 5.41) is 2.60. The standard InChI is InChI=1S/C27H38N4O9S/c1-16-12-21(39-4)17(2)18(3)26(16)41(37,38)29-20-8-6-19(7-9-20)24(25(35)27(36)40-5)28-22(33)13-31-11-10-30(15-32)14-23(31)34/h12,15,19-20,24,29H,6-11,13-14H2,1-5H3,(H,28,33). The first-order chi connectivity index (χ1) is 19.3. The molecule has 14 heteroatoms. The molecule has 2 N–H and O–H groups in total. The zero-order chi connectivity index (χ0) is 30.5. The Morgan fingerprint density at radius 3 is 2.29 bits per heavy atom. The highest BCUT2D eigenvalue weighted by atomic mass is 32.2. The second kappa shape index (κ2) is 13.4. The number of carbonyl (C=O) groups is 5. The molecule has 226 valence electrons. The highest BCUT2D eigenvalue weighted by molar-refractivity contribution is 7.89. The van der Waals surface area contributed by atoms with E-state index in [2.05, 4.69) is 14.8 Å². The molecule has 2 aliphatic rings. The highest BCUT2D eigenvalue weighted by Crippen LogP contribution is 2.33. The van der Waals surface area contributed by atoms with Gasteiger partial charge in [-0.1, -0.05) is 0 Å². The summed E-state index contributed by atoms with van der Waals surface area (Å²) in [4.78, 5) is 63.8. The van der Waals surface area contributed by atoms with Crippen molar-refractivity contribution in [1.82, 2.24) is 19.8 Å². The molecule has 1 aliphatic carbocycles. The molecule has 0 spiro atoms. The summed E-state index contributed by atoms with van der Waals surface area (Å²) in [5.41, 5.74) is 1.89. The van der Waals surface area contributed by atoms with Crippen LogP contribution in [0.1, 0.15) is 42.4 Å². The second-order valence-electron chi connectivity index (χ2n) is 10.5. The lowest BCUT2D eigenvalue weighted by atomic mass is 9.80. The quantitative estimate of drug-likeness (QED) is 0.203. The van der Waals surface area contributed by atoms with E-state index in [-0.39, 0.29) is 31.1 Å². The van der Waals surface area contributed by atoms with E-state index in [9.17, 15) is 32.4 Å². The van der Waals surface area contributed by atoms with Crippen LogP contribution in [0.2, 0.25) is 0 Å². The molecule has 0 radical (unpaired) electrons. The van der Waals surface area contributed by atoms with Crippen LogP contribution in [0.4, 0.5) is 0 Å². The Labute approximate surface area is 239 Å². The van der Waals surface area contributed by atoms with Gasteiger partial charge in [0, 0.05) is 19.1 Å². The van der Waals surface area contributed by atoms with E-state index in [1.807, 2.05) is 0 Å². The molecule has 3 rings (SSSR count). The van der Waals surface area contributed by atoms with E-state index < -0.39 is 51.6 Å². The van der Waals surface area contributed by atoms with Gasteiger partial charge in [0.2, 0.25) is 28.2 Å². The van der Waals surface area contributed by atoms with Crippen molar-refractivity contribution in [2.75, 3.05) is 40.4 Å². The van der Waals surface area contributed by atoms with Crippen molar-refractivity contribution in [1.29, 1.82) is 0 Å². The maximum atomic E-state index is 13.4. The van der Waals surface area contributed by atoms with Crippen molar-refractivity contribution >= 4 is 40.0 Å². The van der Waals surface area contributed by atoms with Crippen LogP contribution in [0.3, 0.4) is 0 Å². The summed E-state index contributed by atoms with van der Waals surface area (Å²) in [5.74, 6) is -2.88. The van der Waals surface area contributed by atoms with Gasteiger partial charge in [-0.05, 0) is 75.1 Å². The van der Waals surface area contributed by atoms with Gasteiger partial charge < -0.3 is 24.6 Å². The van der Waals surface area contributed by atoms with Crippen LogP contribution in [0.5, 0.6) is 5.75 Å². The normalized spacial score (nSPS) is 20.3. The molecule has 0 aromatic heterocycles. The number of ketones is 1. The van der Waals surface area contributed by atoms with Crippen LogP contribution >= 0.6 is 0 Å². The summed E-state index contributed by atoms with van der Waals surface area (Å²) < 4.78 is 39.5. The van der Waals surface area contributed by atoms with Crippen molar-refractivity contribution in [3.05, 3.63) is 22.8 Å². The number of nitrogens with one attached hydrogen (secondary N) is 2. The molecule has 1 unspecified atom stereocenters. The van der Waals surface area contributed by atoms with Gasteiger partial charge in [-0.2, -0.15) is 0 Å². The fourth-order valence-corrected chi connectivity index (χ4v) is 7.33. The third kappa shape index (κ3) is 7.41. The fraction of sp³-hybridized carbons (Fsp3) is 0.593. The number of Topliss-reactive ketones (excluding diaryl/α,β-unsaturated/α-hetero) is 1. The zero-order valence-electron chi connectivity index (χ0n) is 24.0. The molecule has 1 atom stereocenters. The van der Waals surface area contributed by atoms with E-state index in [4.69, 9.17) is 4.74 Å². The SMILES string of the molecule is COC(=O)C(=O)C(NC(=O)CN1CCN(C=O)CC1=O)C1CCC(NS(=O)(=O)c2c(C)cc(OC)c(C)c2C)CC1. The molecule has 1 heterocycles. The average molecular weight is 595 g/mol. The number of amides is 3. The van der Waals surface area contributed by atoms with E-state index in [0.29, 0.717) is 49.0 Å². The van der Waals surface area contributed by atoms with Gasteiger partial charge in [0.25, 0.3) is 5.78 Å². The van der Waals surface area contributed by atoms with E-state index in [1.54, 1.807) is 26.8 Å². The fourth-order valence-electron chi connectivity index (χ4n) is 5.50. The summed E-state index contributed by atoms with van der Waals surface area (Å²) in [7, 11) is -1.27. The molecule has 41 heavy (non-hydrogen) atoms. The largest absolute Gasteiger partial charge is 0.496 e. The lowest BCUT2D eigenvalue weighted by Gasteiger charge is -2.35. The van der Waals surface area contributed by atoms with Crippen molar-refractivity contribution in [2.24, 2.45) is 5.92 Å². The molecule has 3 amide bonds. The van der Waals surface area contributed by atoms with E-state index >= 15 is 0 Å². The highest BCUT2D eigenvalue weighted by Gasteiger charge is 2.38. The number of piperazine rings is 1. The Morgan fingerprint density at radius 2 is 1.73 bits per heavy atom. The third-order valence-corrected chi connectivity index (χ3v) is 9.66. The van der Waals surface area contributed by atoms with Gasteiger partial charge in [-0.25, -0.2) is 17.9 Å². The molecule has 1 aliphatic heterocycles.